The highest BCUT2D eigenvalue weighted by Crippen LogP contribution is 2.37. The van der Waals surface area contributed by atoms with Gasteiger partial charge in [0.2, 0.25) is 0 Å². The maximum Gasteiger partial charge on any atom is 0.408 e. The maximum atomic E-state index is 14.4. The molecule has 230 valence electrons. The maximum absolute atomic E-state index is 14.4. The fraction of sp³-hybridized carbons (Fsp3) is 0.531. The predicted molar refractivity (Wildman–Crippen MR) is 167 cm³/mol. The van der Waals surface area contributed by atoms with Crippen molar-refractivity contribution < 1.29 is 28.9 Å². The Morgan fingerprint density at radius 2 is 1.74 bits per heavy atom. The molecule has 1 aliphatic heterocycles. The first-order valence-electron chi connectivity index (χ1n) is 14.6. The number of rotatable bonds is 12. The minimum absolute atomic E-state index is 0.112. The van der Waals surface area contributed by atoms with E-state index in [1.807, 2.05) is 97.0 Å². The molecule has 3 atom stereocenters. The van der Waals surface area contributed by atoms with E-state index in [2.05, 4.69) is 17.9 Å². The van der Waals surface area contributed by atoms with Gasteiger partial charge in [-0.05, 0) is 91.0 Å². The summed E-state index contributed by atoms with van der Waals surface area (Å²) in [5.41, 5.74) is 2.15. The summed E-state index contributed by atoms with van der Waals surface area (Å²) in [5.74, 6) is -0.422. The van der Waals surface area contributed by atoms with E-state index in [-0.39, 0.29) is 29.8 Å². The molecule has 1 heterocycles. The lowest BCUT2D eigenvalue weighted by molar-refractivity contribution is -0.297. The first-order chi connectivity index (χ1) is 19.8. The second kappa shape index (κ2) is 14.9. The van der Waals surface area contributed by atoms with Crippen LogP contribution in [-0.2, 0) is 25.7 Å². The van der Waals surface area contributed by atoms with E-state index >= 15 is 0 Å². The second-order valence-corrected chi connectivity index (χ2v) is 12.4. The molecule has 0 saturated heterocycles. The van der Waals surface area contributed by atoms with Gasteiger partial charge >= 0.3 is 6.09 Å². The Morgan fingerprint density at radius 1 is 1.05 bits per heavy atom. The quantitative estimate of drug-likeness (QED) is 0.101. The number of aryl methyl sites for hydroxylation is 1. The lowest BCUT2D eigenvalue weighted by Gasteiger charge is -2.36. The molecule has 3 amide bonds. The summed E-state index contributed by atoms with van der Waals surface area (Å²) in [6, 6.07) is 13.6. The molecule has 0 saturated carbocycles. The molecule has 1 aliphatic rings. The van der Waals surface area contributed by atoms with E-state index in [0.717, 1.165) is 17.5 Å². The number of nitrogens with one attached hydrogen (secondary N) is 1. The standard InChI is InChI=1S/C32H45N3O6S/c1-8-39-40-20-22(4)35-28(24-14-10-9-11-15-24)30(37)34(21(2)3)26-18-17-23(19-25(26)29(35)36)13-12-16-27(42)33-31(38)41-32(5,6)7/h9-11,14-15,17-19,21-22,27-28,42H,8,12-13,16,20H2,1-7H3,(H,33,38). The molecule has 0 radical (unpaired) electrons. The summed E-state index contributed by atoms with van der Waals surface area (Å²) in [4.78, 5) is 54.5. The Balaban J connectivity index is 1.90. The van der Waals surface area contributed by atoms with E-state index in [1.54, 1.807) is 9.80 Å². The molecule has 1 N–H and O–H groups in total. The van der Waals surface area contributed by atoms with E-state index < -0.39 is 23.8 Å². The summed E-state index contributed by atoms with van der Waals surface area (Å²) in [7, 11) is 0. The number of ether oxygens (including phenoxy) is 1. The van der Waals surface area contributed by atoms with Crippen LogP contribution in [0, 0.1) is 0 Å². The minimum Gasteiger partial charge on any atom is -0.444 e. The fourth-order valence-corrected chi connectivity index (χ4v) is 5.29. The first kappa shape index (κ1) is 33.4. The van der Waals surface area contributed by atoms with Crippen molar-refractivity contribution in [2.45, 2.75) is 96.8 Å². The molecule has 0 spiro atoms. The van der Waals surface area contributed by atoms with Gasteiger partial charge in [0.25, 0.3) is 11.8 Å². The zero-order valence-corrected chi connectivity index (χ0v) is 26.6. The summed E-state index contributed by atoms with van der Waals surface area (Å²) >= 11 is 4.49. The third kappa shape index (κ3) is 8.72. The van der Waals surface area contributed by atoms with Gasteiger partial charge in [0.05, 0.1) is 29.3 Å². The summed E-state index contributed by atoms with van der Waals surface area (Å²) < 4.78 is 5.31. The van der Waals surface area contributed by atoms with Crippen LogP contribution in [-0.4, -0.2) is 59.1 Å². The third-order valence-electron chi connectivity index (χ3n) is 6.78. The van der Waals surface area contributed by atoms with Gasteiger partial charge in [-0.2, -0.15) is 12.6 Å². The van der Waals surface area contributed by atoms with Crippen molar-refractivity contribution in [3.05, 3.63) is 65.2 Å². The topological polar surface area (TPSA) is 97.4 Å². The molecule has 42 heavy (non-hydrogen) atoms. The third-order valence-corrected chi connectivity index (χ3v) is 7.17. The summed E-state index contributed by atoms with van der Waals surface area (Å²) in [6.45, 7) is 13.5. The van der Waals surface area contributed by atoms with Crippen LogP contribution in [0.3, 0.4) is 0 Å². The van der Waals surface area contributed by atoms with Crippen molar-refractivity contribution in [3.8, 4) is 0 Å². The number of amides is 3. The molecule has 0 aliphatic carbocycles. The Labute approximate surface area is 255 Å². The van der Waals surface area contributed by atoms with Crippen molar-refractivity contribution in [2.75, 3.05) is 18.1 Å². The van der Waals surface area contributed by atoms with E-state index in [0.29, 0.717) is 30.7 Å². The van der Waals surface area contributed by atoms with Crippen molar-refractivity contribution in [3.63, 3.8) is 0 Å². The van der Waals surface area contributed by atoms with Gasteiger partial charge in [-0.25, -0.2) is 14.6 Å². The molecule has 0 fully saturated rings. The molecule has 0 aromatic heterocycles. The number of alkyl carbamates (subject to hydrolysis) is 1. The number of hydrogen-bond donors (Lipinski definition) is 2. The highest BCUT2D eigenvalue weighted by molar-refractivity contribution is 7.80. The van der Waals surface area contributed by atoms with Crippen molar-refractivity contribution >= 4 is 36.2 Å². The van der Waals surface area contributed by atoms with Crippen LogP contribution >= 0.6 is 12.6 Å². The molecule has 10 heteroatoms. The van der Waals surface area contributed by atoms with Crippen LogP contribution in [0.15, 0.2) is 48.5 Å². The largest absolute Gasteiger partial charge is 0.444 e. The summed E-state index contributed by atoms with van der Waals surface area (Å²) in [6.07, 6.45) is 1.48. The molecule has 3 unspecified atom stereocenters. The summed E-state index contributed by atoms with van der Waals surface area (Å²) in [5, 5.41) is 2.38. The highest BCUT2D eigenvalue weighted by Gasteiger charge is 2.43. The van der Waals surface area contributed by atoms with E-state index in [4.69, 9.17) is 14.5 Å². The van der Waals surface area contributed by atoms with Gasteiger partial charge in [0.15, 0.2) is 0 Å². The molecule has 2 aromatic carbocycles. The fourth-order valence-electron chi connectivity index (χ4n) is 5.00. The van der Waals surface area contributed by atoms with E-state index in [9.17, 15) is 14.4 Å². The van der Waals surface area contributed by atoms with Crippen LogP contribution < -0.4 is 10.2 Å². The van der Waals surface area contributed by atoms with Crippen molar-refractivity contribution in [2.24, 2.45) is 0 Å². The molecule has 9 nitrogen and oxygen atoms in total. The van der Waals surface area contributed by atoms with Crippen LogP contribution in [0.25, 0.3) is 0 Å². The Kier molecular flexibility index (Phi) is 11.8. The smallest absolute Gasteiger partial charge is 0.408 e. The van der Waals surface area contributed by atoms with Gasteiger partial charge < -0.3 is 19.9 Å². The highest BCUT2D eigenvalue weighted by atomic mass is 32.1. The number of anilines is 1. The molecule has 0 bridgehead atoms. The zero-order valence-electron chi connectivity index (χ0n) is 25.8. The van der Waals surface area contributed by atoms with Gasteiger partial charge in [-0.1, -0.05) is 36.4 Å². The molecule has 3 rings (SSSR count). The number of nitrogens with zero attached hydrogens (tertiary/aromatic N) is 2. The average molecular weight is 600 g/mol. The number of thiol groups is 1. The normalized spacial score (nSPS) is 17.1. The molecular formula is C32H45N3O6S. The van der Waals surface area contributed by atoms with Gasteiger partial charge in [-0.3, -0.25) is 9.59 Å². The van der Waals surface area contributed by atoms with Crippen LogP contribution in [0.5, 0.6) is 0 Å². The number of benzene rings is 2. The second-order valence-electron chi connectivity index (χ2n) is 11.8. The van der Waals surface area contributed by atoms with Gasteiger partial charge in [0.1, 0.15) is 18.2 Å². The molecule has 2 aromatic rings. The number of hydrogen-bond acceptors (Lipinski definition) is 7. The van der Waals surface area contributed by atoms with Crippen molar-refractivity contribution in [1.29, 1.82) is 0 Å². The van der Waals surface area contributed by atoms with Crippen molar-refractivity contribution in [1.82, 2.24) is 10.2 Å². The Hall–Kier alpha value is -3.08. The lowest BCUT2D eigenvalue weighted by atomic mass is 10.0. The number of carbonyl (C=O) groups excluding carboxylic acids is 3. The SMILES string of the molecule is CCOOCC(C)N1C(=O)c2cc(CCCC(S)NC(=O)OC(C)(C)C)ccc2N(C(C)C)C(=O)C1c1ccccc1. The van der Waals surface area contributed by atoms with Crippen LogP contribution in [0.4, 0.5) is 10.5 Å². The van der Waals surface area contributed by atoms with Crippen LogP contribution in [0.2, 0.25) is 0 Å². The number of fused-ring (bicyclic) bond motifs is 1. The Bertz CT molecular complexity index is 1220. The average Bonchev–Trinajstić information content (AvgIpc) is 3.00. The monoisotopic (exact) mass is 599 g/mol. The lowest BCUT2D eigenvalue weighted by Crippen LogP contribution is -2.49. The van der Waals surface area contributed by atoms with Gasteiger partial charge in [0, 0.05) is 6.04 Å². The molecular weight excluding hydrogens is 554 g/mol. The minimum atomic E-state index is -0.832. The number of carbonyl (C=O) groups is 3. The Morgan fingerprint density at radius 3 is 2.36 bits per heavy atom. The predicted octanol–water partition coefficient (Wildman–Crippen LogP) is 6.09. The van der Waals surface area contributed by atoms with Gasteiger partial charge in [-0.15, -0.1) is 0 Å². The van der Waals surface area contributed by atoms with Crippen LogP contribution in [0.1, 0.15) is 88.8 Å². The first-order valence-corrected chi connectivity index (χ1v) is 15.1. The zero-order chi connectivity index (χ0) is 31.0. The van der Waals surface area contributed by atoms with E-state index in [1.165, 1.54) is 0 Å².